The monoisotopic (exact) mass is 928 g/mol. The lowest BCUT2D eigenvalue weighted by Gasteiger charge is -2.36. The molecule has 3 aromatic heterocycles. The fraction of sp³-hybridized carbons (Fsp3) is 0.612. The highest BCUT2D eigenvalue weighted by Gasteiger charge is 2.47. The number of piperazine rings is 1. The van der Waals surface area contributed by atoms with Crippen LogP contribution in [0.5, 0.6) is 0 Å². The molecular weight excluding hydrogens is 861 g/mol. The van der Waals surface area contributed by atoms with Crippen LogP contribution in [0.1, 0.15) is 103 Å². The van der Waals surface area contributed by atoms with Gasteiger partial charge in [-0.2, -0.15) is 0 Å². The molecule has 1 saturated carbocycles. The number of esters is 1. The van der Waals surface area contributed by atoms with Gasteiger partial charge >= 0.3 is 12.1 Å². The van der Waals surface area contributed by atoms with Gasteiger partial charge in [-0.05, 0) is 111 Å². The van der Waals surface area contributed by atoms with Crippen molar-refractivity contribution in [2.75, 3.05) is 71.6 Å². The SMILES string of the molecule is CCO[C@@H]1c2nc(cs2)-c2ccc3c(c2)c(c(-c2cc(N4CCN(C)CC4)cnc2[C@H](C)OC)n3CCOC(C)C)CC2(CC2)COC(=O)[C@@H]2CCCN(N2)C(=O)[C@H]1NC(=O)OC(C)(C)C. The van der Waals surface area contributed by atoms with Crippen molar-refractivity contribution in [1.82, 2.24) is 35.2 Å². The Labute approximate surface area is 392 Å². The number of methoxy groups -OCH3 is 1. The number of benzene rings is 1. The largest absolute Gasteiger partial charge is 0.464 e. The second-order valence-electron chi connectivity index (χ2n) is 19.6. The zero-order valence-corrected chi connectivity index (χ0v) is 40.9. The standard InChI is InChI=1S/C49H68N8O8S/c1-10-62-43-41(52-47(60)65-48(5,6)7)45(58)57-17-11-12-37(53-57)46(59)64-29-49(15-16-49)26-36-34-24-32(38-28-66-44(43)51-38)13-14-39(34)56(22-23-63-30(2)3)42(36)35-25-33(27-50-40(35)31(4)61-9)55-20-18-54(8)19-21-55/h13-14,24-25,27-28,30-31,37,41,43,53H,10-12,15-23,26,29H2,1-9H3,(H,52,60)/t31-,37-,41-,43-/m0/s1. The van der Waals surface area contributed by atoms with Gasteiger partial charge < -0.3 is 43.4 Å². The van der Waals surface area contributed by atoms with Gasteiger partial charge in [0.15, 0.2) is 0 Å². The van der Waals surface area contributed by atoms with Crippen LogP contribution in [0.4, 0.5) is 10.5 Å². The van der Waals surface area contributed by atoms with Gasteiger partial charge in [-0.1, -0.05) is 6.07 Å². The van der Waals surface area contributed by atoms with Crippen LogP contribution in [0.25, 0.3) is 33.4 Å². The molecule has 66 heavy (non-hydrogen) atoms. The molecule has 2 N–H and O–H groups in total. The number of cyclic esters (lactones) is 1. The first-order chi connectivity index (χ1) is 31.6. The fourth-order valence-electron chi connectivity index (χ4n) is 9.28. The Balaban J connectivity index is 1.32. The van der Waals surface area contributed by atoms with E-state index in [1.807, 2.05) is 25.4 Å². The predicted octanol–water partition coefficient (Wildman–Crippen LogP) is 7.06. The molecule has 1 aliphatic carbocycles. The van der Waals surface area contributed by atoms with Crippen molar-refractivity contribution in [2.45, 2.75) is 123 Å². The molecule has 4 atom stereocenters. The number of aromatic nitrogens is 3. The minimum absolute atomic E-state index is 0.0486. The summed E-state index contributed by atoms with van der Waals surface area (Å²) in [7, 11) is 3.88. The molecule has 16 nitrogen and oxygen atoms in total. The first kappa shape index (κ1) is 47.8. The molecule has 6 heterocycles. The Kier molecular flexibility index (Phi) is 14.4. The minimum Gasteiger partial charge on any atom is -0.464 e. The summed E-state index contributed by atoms with van der Waals surface area (Å²) in [5.74, 6) is -0.887. The quantitative estimate of drug-likeness (QED) is 0.147. The van der Waals surface area contributed by atoms with E-state index in [1.165, 1.54) is 16.3 Å². The van der Waals surface area contributed by atoms with Crippen LogP contribution in [0.15, 0.2) is 35.8 Å². The van der Waals surface area contributed by atoms with Gasteiger partial charge in [0.05, 0.1) is 54.4 Å². The molecular formula is C49H68N8O8S. The van der Waals surface area contributed by atoms with E-state index in [0.29, 0.717) is 49.7 Å². The molecule has 0 radical (unpaired) electrons. The first-order valence-corrected chi connectivity index (χ1v) is 24.5. The molecule has 2 saturated heterocycles. The van der Waals surface area contributed by atoms with E-state index in [0.717, 1.165) is 83.7 Å². The number of pyridine rings is 1. The zero-order valence-electron chi connectivity index (χ0n) is 40.1. The molecule has 17 heteroatoms. The summed E-state index contributed by atoms with van der Waals surface area (Å²) in [5.41, 5.74) is 9.80. The molecule has 4 aliphatic rings. The average molecular weight is 929 g/mol. The molecule has 4 aromatic rings. The minimum atomic E-state index is -1.23. The van der Waals surface area contributed by atoms with Gasteiger partial charge in [0.2, 0.25) is 0 Å². The van der Waals surface area contributed by atoms with Crippen molar-refractivity contribution < 1.29 is 38.1 Å². The molecule has 1 spiro atoms. The maximum absolute atomic E-state index is 14.6. The Morgan fingerprint density at radius 3 is 2.56 bits per heavy atom. The van der Waals surface area contributed by atoms with E-state index >= 15 is 0 Å². The van der Waals surface area contributed by atoms with E-state index in [1.54, 1.807) is 27.9 Å². The third-order valence-electron chi connectivity index (χ3n) is 13.1. The van der Waals surface area contributed by atoms with Crippen LogP contribution < -0.4 is 15.6 Å². The summed E-state index contributed by atoms with van der Waals surface area (Å²) < 4.78 is 32.9. The number of nitrogens with one attached hydrogen (secondary N) is 2. The van der Waals surface area contributed by atoms with E-state index < -0.39 is 41.8 Å². The number of rotatable bonds is 11. The number of likely N-dealkylation sites (N-methyl/N-ethyl adjacent to an activating group) is 1. The van der Waals surface area contributed by atoms with Gasteiger partial charge in [0.1, 0.15) is 28.8 Å². The summed E-state index contributed by atoms with van der Waals surface area (Å²) in [5, 5.41) is 7.79. The number of alkyl carbamates (subject to hydrolysis) is 1. The molecule has 358 valence electrons. The van der Waals surface area contributed by atoms with Gasteiger partial charge in [-0.25, -0.2) is 15.2 Å². The number of ether oxygens (including phenoxy) is 5. The number of amides is 2. The second kappa shape index (κ2) is 19.9. The summed E-state index contributed by atoms with van der Waals surface area (Å²) >= 11 is 1.37. The second-order valence-corrected chi connectivity index (χ2v) is 20.5. The van der Waals surface area contributed by atoms with Crippen molar-refractivity contribution in [1.29, 1.82) is 0 Å². The summed E-state index contributed by atoms with van der Waals surface area (Å²) in [6, 6.07) is 6.77. The molecule has 1 aromatic carbocycles. The number of fused-ring (bicyclic) bond motifs is 6. The van der Waals surface area contributed by atoms with Crippen LogP contribution in [0, 0.1) is 5.41 Å². The van der Waals surface area contributed by atoms with E-state index in [2.05, 4.69) is 70.3 Å². The molecule has 0 unspecified atom stereocenters. The van der Waals surface area contributed by atoms with Crippen LogP contribution >= 0.6 is 11.3 Å². The molecule has 3 aliphatic heterocycles. The number of hydrogen-bond donors (Lipinski definition) is 2. The molecule has 6 bridgehead atoms. The van der Waals surface area contributed by atoms with E-state index in [4.69, 9.17) is 33.7 Å². The van der Waals surface area contributed by atoms with Crippen molar-refractivity contribution in [3.63, 3.8) is 0 Å². The van der Waals surface area contributed by atoms with Gasteiger partial charge in [0.25, 0.3) is 5.91 Å². The normalized spacial score (nSPS) is 22.1. The van der Waals surface area contributed by atoms with Crippen LogP contribution in [0.2, 0.25) is 0 Å². The number of nitrogens with zero attached hydrogens (tertiary/aromatic N) is 6. The smallest absolute Gasteiger partial charge is 0.408 e. The Morgan fingerprint density at radius 1 is 1.09 bits per heavy atom. The lowest BCUT2D eigenvalue weighted by molar-refractivity contribution is -0.155. The van der Waals surface area contributed by atoms with Crippen LogP contribution in [-0.4, -0.2) is 133 Å². The third-order valence-corrected chi connectivity index (χ3v) is 14.0. The number of thiazole rings is 1. The van der Waals surface area contributed by atoms with Crippen LogP contribution in [-0.2, 0) is 46.2 Å². The maximum Gasteiger partial charge on any atom is 0.408 e. The Bertz CT molecular complexity index is 2380. The van der Waals surface area contributed by atoms with Gasteiger partial charge in [-0.15, -0.1) is 11.3 Å². The number of anilines is 1. The topological polar surface area (TPSA) is 162 Å². The lowest BCUT2D eigenvalue weighted by Crippen LogP contribution is -2.61. The van der Waals surface area contributed by atoms with Crippen molar-refractivity contribution in [3.8, 4) is 22.5 Å². The maximum atomic E-state index is 14.6. The van der Waals surface area contributed by atoms with Gasteiger partial charge in [0, 0.05) is 85.8 Å². The number of hydrazine groups is 1. The predicted molar refractivity (Wildman–Crippen MR) is 254 cm³/mol. The van der Waals surface area contributed by atoms with Crippen molar-refractivity contribution in [3.05, 3.63) is 52.1 Å². The molecule has 8 rings (SSSR count). The number of hydrogen-bond acceptors (Lipinski definition) is 14. The zero-order chi connectivity index (χ0) is 46.9. The highest BCUT2D eigenvalue weighted by atomic mass is 32.1. The lowest BCUT2D eigenvalue weighted by atomic mass is 9.91. The number of carbonyl (C=O) groups excluding carboxylic acids is 3. The first-order valence-electron chi connectivity index (χ1n) is 23.6. The number of carbonyl (C=O) groups is 3. The van der Waals surface area contributed by atoms with Crippen molar-refractivity contribution >= 4 is 45.9 Å². The van der Waals surface area contributed by atoms with Crippen LogP contribution in [0.3, 0.4) is 0 Å². The van der Waals surface area contributed by atoms with Gasteiger partial charge in [-0.3, -0.25) is 19.6 Å². The highest BCUT2D eigenvalue weighted by Crippen LogP contribution is 2.52. The molecule has 3 fully saturated rings. The summed E-state index contributed by atoms with van der Waals surface area (Å²) in [6.07, 6.45) is 3.47. The summed E-state index contributed by atoms with van der Waals surface area (Å²) in [6.45, 7) is 18.9. The Hall–Kier alpha value is -4.65. The van der Waals surface area contributed by atoms with E-state index in [9.17, 15) is 14.4 Å². The fourth-order valence-corrected chi connectivity index (χ4v) is 10.2. The summed E-state index contributed by atoms with van der Waals surface area (Å²) in [4.78, 5) is 57.2. The molecule has 2 amide bonds. The average Bonchev–Trinajstić information content (AvgIpc) is 3.76. The highest BCUT2D eigenvalue weighted by molar-refractivity contribution is 7.10. The van der Waals surface area contributed by atoms with Crippen molar-refractivity contribution in [2.24, 2.45) is 5.41 Å². The Morgan fingerprint density at radius 2 is 1.86 bits per heavy atom. The van der Waals surface area contributed by atoms with E-state index in [-0.39, 0.29) is 30.8 Å². The third kappa shape index (κ3) is 10.6.